The van der Waals surface area contributed by atoms with Gasteiger partial charge in [-0.2, -0.15) is 18.7 Å². The molecule has 1 aromatic heterocycles. The average molecular weight is 385 g/mol. The van der Waals surface area contributed by atoms with E-state index in [1.165, 1.54) is 17.4 Å². The van der Waals surface area contributed by atoms with Crippen LogP contribution in [0.15, 0.2) is 23.0 Å². The molecule has 1 saturated heterocycles. The fraction of sp³-hybridized carbons (Fsp3) is 0.588. The third-order valence-corrected chi connectivity index (χ3v) is 4.31. The molecule has 0 N–H and O–H groups in total. The van der Waals surface area contributed by atoms with Gasteiger partial charge in [0.05, 0.1) is 25.4 Å². The van der Waals surface area contributed by atoms with Gasteiger partial charge in [-0.05, 0) is 12.5 Å². The lowest BCUT2D eigenvalue weighted by atomic mass is 10.1. The van der Waals surface area contributed by atoms with Crippen molar-refractivity contribution in [1.82, 2.24) is 14.9 Å². The van der Waals surface area contributed by atoms with Crippen molar-refractivity contribution < 1.29 is 32.4 Å². The summed E-state index contributed by atoms with van der Waals surface area (Å²) in [6.07, 6.45) is 3.33. The van der Waals surface area contributed by atoms with Crippen molar-refractivity contribution >= 4 is 17.6 Å². The number of urea groups is 1. The summed E-state index contributed by atoms with van der Waals surface area (Å²) in [6, 6.07) is -1.54. The number of alkyl halides is 2. The van der Waals surface area contributed by atoms with Crippen molar-refractivity contribution in [3.8, 4) is 0 Å². The molecule has 0 saturated carbocycles. The molecule has 0 aliphatic carbocycles. The second kappa shape index (κ2) is 8.03. The maximum absolute atomic E-state index is 14.1. The number of amides is 2. The minimum Gasteiger partial charge on any atom is -0.459 e. The van der Waals surface area contributed by atoms with Crippen molar-refractivity contribution in [2.24, 2.45) is 0 Å². The number of halogens is 2. The maximum Gasteiger partial charge on any atom is 0.477 e. The molecule has 2 amide bonds. The van der Waals surface area contributed by atoms with Crippen LogP contribution in [0.1, 0.15) is 38.5 Å². The molecule has 1 aromatic rings. The SMILES string of the molecule is CCCCCCOC(=O)C(F)(F)ON1C(=O)N2CC(c3ncco3)=CC1C2. The molecule has 1 atom stereocenters. The summed E-state index contributed by atoms with van der Waals surface area (Å²) in [5, 5.41) is 0.508. The number of hydrogen-bond acceptors (Lipinski definition) is 6. The zero-order chi connectivity index (χ0) is 19.4. The van der Waals surface area contributed by atoms with Gasteiger partial charge in [-0.3, -0.25) is 0 Å². The highest BCUT2D eigenvalue weighted by Gasteiger charge is 2.51. The fourth-order valence-electron chi connectivity index (χ4n) is 2.97. The Bertz CT molecular complexity index is 707. The van der Waals surface area contributed by atoms with Gasteiger partial charge < -0.3 is 14.1 Å². The van der Waals surface area contributed by atoms with Crippen molar-refractivity contribution in [3.63, 3.8) is 0 Å². The van der Waals surface area contributed by atoms with Crippen molar-refractivity contribution in [3.05, 3.63) is 24.4 Å². The Hall–Kier alpha value is -2.49. The van der Waals surface area contributed by atoms with E-state index in [1.807, 2.05) is 6.92 Å². The molecule has 2 aliphatic rings. The predicted octanol–water partition coefficient (Wildman–Crippen LogP) is 2.83. The Morgan fingerprint density at radius 2 is 2.22 bits per heavy atom. The largest absolute Gasteiger partial charge is 0.477 e. The van der Waals surface area contributed by atoms with Gasteiger partial charge in [-0.15, -0.1) is 0 Å². The highest BCUT2D eigenvalue weighted by atomic mass is 19.3. The average Bonchev–Trinajstić information content (AvgIpc) is 3.25. The summed E-state index contributed by atoms with van der Waals surface area (Å²) >= 11 is 0. The van der Waals surface area contributed by atoms with E-state index in [4.69, 9.17) is 4.42 Å². The maximum atomic E-state index is 14.1. The molecule has 3 heterocycles. The van der Waals surface area contributed by atoms with Gasteiger partial charge in [0.15, 0.2) is 0 Å². The zero-order valence-electron chi connectivity index (χ0n) is 14.9. The Labute approximate surface area is 154 Å². The number of ether oxygens (including phenoxy) is 1. The Morgan fingerprint density at radius 3 is 2.93 bits per heavy atom. The number of aromatic nitrogens is 1. The lowest BCUT2D eigenvalue weighted by molar-refractivity contribution is -0.326. The van der Waals surface area contributed by atoms with E-state index in [0.29, 0.717) is 22.9 Å². The first kappa shape index (κ1) is 19.3. The first-order chi connectivity index (χ1) is 12.9. The lowest BCUT2D eigenvalue weighted by Crippen LogP contribution is -2.44. The summed E-state index contributed by atoms with van der Waals surface area (Å²) in [6.45, 7) is 2.22. The van der Waals surface area contributed by atoms with E-state index in [2.05, 4.69) is 14.6 Å². The number of esters is 1. The van der Waals surface area contributed by atoms with E-state index < -0.39 is 24.2 Å². The predicted molar refractivity (Wildman–Crippen MR) is 88.2 cm³/mol. The molecule has 0 aromatic carbocycles. The number of unbranched alkanes of at least 4 members (excludes halogenated alkanes) is 3. The van der Waals surface area contributed by atoms with E-state index in [0.717, 1.165) is 19.3 Å². The van der Waals surface area contributed by atoms with Crippen LogP contribution in [0.25, 0.3) is 5.57 Å². The number of hydrogen-bond donors (Lipinski definition) is 0. The van der Waals surface area contributed by atoms with Gasteiger partial charge in [0, 0.05) is 12.1 Å². The molecule has 0 spiro atoms. The standard InChI is InChI=1S/C17H21F2N3O5/c1-2-3-4-5-7-26-15(23)17(18,19)27-22-13-9-12(14-20-6-8-25-14)10-21(11-13)16(22)24/h6,8-9,13H,2-5,7,10-11H2,1H3. The van der Waals surface area contributed by atoms with Crippen LogP contribution in [-0.2, 0) is 14.4 Å². The monoisotopic (exact) mass is 385 g/mol. The summed E-state index contributed by atoms with van der Waals surface area (Å²) < 4.78 is 37.9. The van der Waals surface area contributed by atoms with Crippen LogP contribution in [0.3, 0.4) is 0 Å². The Balaban J connectivity index is 1.60. The summed E-state index contributed by atoms with van der Waals surface area (Å²) in [5.74, 6) is -1.50. The number of hydroxylamine groups is 2. The second-order valence-electron chi connectivity index (χ2n) is 6.39. The van der Waals surface area contributed by atoms with Crippen LogP contribution in [0.5, 0.6) is 0 Å². The first-order valence-electron chi connectivity index (χ1n) is 8.85. The second-order valence-corrected chi connectivity index (χ2v) is 6.39. The van der Waals surface area contributed by atoms with Crippen LogP contribution in [0.2, 0.25) is 0 Å². The van der Waals surface area contributed by atoms with Gasteiger partial charge in [-0.1, -0.05) is 26.2 Å². The zero-order valence-corrected chi connectivity index (χ0v) is 14.9. The molecule has 2 bridgehead atoms. The number of oxazole rings is 1. The minimum atomic E-state index is -4.25. The molecular formula is C17H21F2N3O5. The molecule has 2 aliphatic heterocycles. The van der Waals surface area contributed by atoms with Gasteiger partial charge in [0.2, 0.25) is 5.89 Å². The summed E-state index contributed by atoms with van der Waals surface area (Å²) in [5.41, 5.74) is 0.581. The quantitative estimate of drug-likeness (QED) is 0.480. The van der Waals surface area contributed by atoms with Crippen molar-refractivity contribution in [1.29, 1.82) is 0 Å². The van der Waals surface area contributed by atoms with E-state index in [1.54, 1.807) is 6.08 Å². The third kappa shape index (κ3) is 4.26. The lowest BCUT2D eigenvalue weighted by Gasteiger charge is -2.24. The van der Waals surface area contributed by atoms with E-state index >= 15 is 0 Å². The minimum absolute atomic E-state index is 0.116. The summed E-state index contributed by atoms with van der Waals surface area (Å²) in [7, 11) is 0. The smallest absolute Gasteiger partial charge is 0.459 e. The Kier molecular flexibility index (Phi) is 5.73. The third-order valence-electron chi connectivity index (χ3n) is 4.31. The van der Waals surface area contributed by atoms with Crippen LogP contribution in [0, 0.1) is 0 Å². The topological polar surface area (TPSA) is 85.1 Å². The van der Waals surface area contributed by atoms with Gasteiger partial charge in [-0.25, -0.2) is 14.6 Å². The molecule has 3 rings (SSSR count). The fourth-order valence-corrected chi connectivity index (χ4v) is 2.97. The molecular weight excluding hydrogens is 364 g/mol. The first-order valence-corrected chi connectivity index (χ1v) is 8.85. The van der Waals surface area contributed by atoms with Gasteiger partial charge in [0.25, 0.3) is 0 Å². The number of fused-ring (bicyclic) bond motifs is 2. The van der Waals surface area contributed by atoms with Crippen LogP contribution >= 0.6 is 0 Å². The summed E-state index contributed by atoms with van der Waals surface area (Å²) in [4.78, 5) is 33.7. The molecule has 8 nitrogen and oxygen atoms in total. The normalized spacial score (nSPS) is 19.4. The van der Waals surface area contributed by atoms with Crippen LogP contribution in [0.4, 0.5) is 13.6 Å². The van der Waals surface area contributed by atoms with Gasteiger partial charge in [0.1, 0.15) is 6.26 Å². The molecule has 0 radical (unpaired) electrons. The van der Waals surface area contributed by atoms with Crippen molar-refractivity contribution in [2.45, 2.75) is 44.8 Å². The highest BCUT2D eigenvalue weighted by Crippen LogP contribution is 2.32. The molecule has 10 heteroatoms. The molecule has 148 valence electrons. The number of nitrogens with zero attached hydrogens (tertiary/aromatic N) is 3. The Morgan fingerprint density at radius 1 is 1.41 bits per heavy atom. The van der Waals surface area contributed by atoms with E-state index in [-0.39, 0.29) is 19.7 Å². The number of rotatable bonds is 9. The molecule has 27 heavy (non-hydrogen) atoms. The van der Waals surface area contributed by atoms with Crippen molar-refractivity contribution in [2.75, 3.05) is 19.7 Å². The van der Waals surface area contributed by atoms with Crippen LogP contribution in [-0.4, -0.2) is 58.8 Å². The number of carbonyl (C=O) groups excluding carboxylic acids is 2. The van der Waals surface area contributed by atoms with Gasteiger partial charge >= 0.3 is 18.1 Å². The number of carbonyl (C=O) groups is 2. The molecule has 1 fully saturated rings. The van der Waals surface area contributed by atoms with Crippen LogP contribution < -0.4 is 0 Å². The van der Waals surface area contributed by atoms with E-state index in [9.17, 15) is 18.4 Å². The highest BCUT2D eigenvalue weighted by molar-refractivity contribution is 5.82. The molecule has 1 unspecified atom stereocenters.